The van der Waals surface area contributed by atoms with Crippen LogP contribution in [0.3, 0.4) is 0 Å². The number of halogens is 2. The molecular formula is C27H31Cl2N3O5S. The van der Waals surface area contributed by atoms with E-state index in [1.54, 1.807) is 30.3 Å². The third-order valence-electron chi connectivity index (χ3n) is 7.13. The normalized spacial score (nSPS) is 17.7. The second-order valence-corrected chi connectivity index (χ2v) is 12.3. The maximum atomic E-state index is 13.6. The molecule has 3 amide bonds. The molecule has 1 N–H and O–H groups in total. The fourth-order valence-corrected chi connectivity index (χ4v) is 7.13. The van der Waals surface area contributed by atoms with Crippen molar-refractivity contribution >= 4 is 50.9 Å². The Hall–Kier alpha value is -2.62. The Bertz CT molecular complexity index is 1330. The Balaban J connectivity index is 1.55. The molecule has 1 fully saturated rings. The number of nitrogens with zero attached hydrogens (tertiary/aromatic N) is 2. The van der Waals surface area contributed by atoms with Crippen molar-refractivity contribution in [3.63, 3.8) is 0 Å². The first kappa shape index (κ1) is 28.4. The molecule has 1 aliphatic carbocycles. The molecule has 2 aromatic rings. The van der Waals surface area contributed by atoms with Gasteiger partial charge in [0.25, 0.3) is 15.9 Å². The van der Waals surface area contributed by atoms with Crippen LogP contribution in [-0.4, -0.2) is 54.0 Å². The van der Waals surface area contributed by atoms with Crippen LogP contribution in [0.1, 0.15) is 67.8 Å². The molecule has 0 unspecified atom stereocenters. The lowest BCUT2D eigenvalue weighted by atomic mass is 9.95. The number of nitrogens with one attached hydrogen (secondary N) is 1. The van der Waals surface area contributed by atoms with Gasteiger partial charge in [-0.25, -0.2) is 12.7 Å². The number of carbonyl (C=O) groups is 3. The molecular weight excluding hydrogens is 549 g/mol. The van der Waals surface area contributed by atoms with Crippen molar-refractivity contribution in [2.75, 3.05) is 6.54 Å². The van der Waals surface area contributed by atoms with E-state index in [9.17, 15) is 22.8 Å². The number of rotatable bonds is 9. The predicted molar refractivity (Wildman–Crippen MR) is 145 cm³/mol. The van der Waals surface area contributed by atoms with E-state index in [0.29, 0.717) is 22.0 Å². The highest BCUT2D eigenvalue weighted by molar-refractivity contribution is 7.90. The molecule has 38 heavy (non-hydrogen) atoms. The van der Waals surface area contributed by atoms with Crippen LogP contribution in [0.4, 0.5) is 0 Å². The average molecular weight is 581 g/mol. The summed E-state index contributed by atoms with van der Waals surface area (Å²) in [5, 5.41) is 3.89. The fourth-order valence-electron chi connectivity index (χ4n) is 5.09. The van der Waals surface area contributed by atoms with Gasteiger partial charge < -0.3 is 10.2 Å². The molecule has 0 radical (unpaired) electrons. The van der Waals surface area contributed by atoms with E-state index >= 15 is 0 Å². The molecule has 0 aromatic heterocycles. The summed E-state index contributed by atoms with van der Waals surface area (Å²) in [6, 6.07) is 10.2. The number of hydrogen-bond donors (Lipinski definition) is 1. The van der Waals surface area contributed by atoms with Crippen molar-refractivity contribution in [1.82, 2.24) is 14.5 Å². The molecule has 1 atom stereocenters. The van der Waals surface area contributed by atoms with Crippen LogP contribution < -0.4 is 5.32 Å². The minimum atomic E-state index is -4.05. The molecule has 8 nitrogen and oxygen atoms in total. The molecule has 1 saturated carbocycles. The van der Waals surface area contributed by atoms with Gasteiger partial charge in [0.2, 0.25) is 11.8 Å². The Morgan fingerprint density at radius 1 is 1.11 bits per heavy atom. The molecule has 4 rings (SSSR count). The third kappa shape index (κ3) is 6.00. The van der Waals surface area contributed by atoms with Crippen LogP contribution in [0.15, 0.2) is 47.4 Å². The summed E-state index contributed by atoms with van der Waals surface area (Å²) in [6.45, 7) is 1.52. The van der Waals surface area contributed by atoms with Gasteiger partial charge in [0.1, 0.15) is 10.9 Å². The van der Waals surface area contributed by atoms with Crippen LogP contribution >= 0.6 is 23.2 Å². The first-order chi connectivity index (χ1) is 18.1. The van der Waals surface area contributed by atoms with Crippen LogP contribution in [0.2, 0.25) is 10.0 Å². The SMILES string of the molecule is CC[C@H](C(=O)NC1CCCCC1)N(Cc1ccc(Cl)cc1Cl)C(=O)CCN1C(=O)c2ccccc2S1(=O)=O. The summed E-state index contributed by atoms with van der Waals surface area (Å²) < 4.78 is 26.6. The first-order valence-corrected chi connectivity index (χ1v) is 15.0. The van der Waals surface area contributed by atoms with Gasteiger partial charge in [0, 0.05) is 35.6 Å². The minimum absolute atomic E-state index is 0.0341. The number of fused-ring (bicyclic) bond motifs is 1. The zero-order valence-electron chi connectivity index (χ0n) is 21.2. The number of amides is 3. The van der Waals surface area contributed by atoms with Crippen molar-refractivity contribution in [3.05, 3.63) is 63.6 Å². The van der Waals surface area contributed by atoms with Crippen molar-refractivity contribution in [2.45, 2.75) is 75.4 Å². The van der Waals surface area contributed by atoms with E-state index in [4.69, 9.17) is 23.2 Å². The van der Waals surface area contributed by atoms with Crippen LogP contribution in [-0.2, 0) is 26.2 Å². The van der Waals surface area contributed by atoms with Crippen molar-refractivity contribution in [1.29, 1.82) is 0 Å². The standard InChI is InChI=1S/C27H31Cl2N3O5S/c1-2-23(26(34)30-20-8-4-3-5-9-20)31(17-18-12-13-19(28)16-22(18)29)25(33)14-15-32-27(35)21-10-6-7-11-24(21)38(32,36)37/h6-7,10-13,16,20,23H,2-5,8-9,14-15,17H2,1H3,(H,30,34)/t23-/m1/s1. The Kier molecular flexibility index (Phi) is 9.00. The minimum Gasteiger partial charge on any atom is -0.352 e. The molecule has 1 heterocycles. The highest BCUT2D eigenvalue weighted by Gasteiger charge is 2.41. The van der Waals surface area contributed by atoms with E-state index in [1.165, 1.54) is 17.0 Å². The molecule has 2 aromatic carbocycles. The Labute approximate surface area is 233 Å². The predicted octanol–water partition coefficient (Wildman–Crippen LogP) is 4.78. The number of benzene rings is 2. The lowest BCUT2D eigenvalue weighted by Crippen LogP contribution is -2.52. The van der Waals surface area contributed by atoms with Crippen LogP contribution in [0, 0.1) is 0 Å². The third-order valence-corrected chi connectivity index (χ3v) is 9.56. The maximum absolute atomic E-state index is 13.6. The van der Waals surface area contributed by atoms with Gasteiger partial charge in [-0.15, -0.1) is 0 Å². The summed E-state index contributed by atoms with van der Waals surface area (Å²) in [5.74, 6) is -1.38. The number of hydrogen-bond acceptors (Lipinski definition) is 5. The van der Waals surface area contributed by atoms with E-state index in [0.717, 1.165) is 36.4 Å². The fraction of sp³-hybridized carbons (Fsp3) is 0.444. The van der Waals surface area contributed by atoms with E-state index in [2.05, 4.69) is 5.32 Å². The zero-order valence-corrected chi connectivity index (χ0v) is 23.5. The van der Waals surface area contributed by atoms with Gasteiger partial charge in [-0.05, 0) is 49.1 Å². The van der Waals surface area contributed by atoms with Gasteiger partial charge in [0.15, 0.2) is 0 Å². The van der Waals surface area contributed by atoms with E-state index in [-0.39, 0.29) is 41.9 Å². The van der Waals surface area contributed by atoms with Gasteiger partial charge in [-0.1, -0.05) is 67.6 Å². The average Bonchev–Trinajstić information content (AvgIpc) is 3.09. The quantitative estimate of drug-likeness (QED) is 0.460. The van der Waals surface area contributed by atoms with E-state index < -0.39 is 27.9 Å². The van der Waals surface area contributed by atoms with Gasteiger partial charge in [-0.3, -0.25) is 14.4 Å². The second-order valence-electron chi connectivity index (χ2n) is 9.65. The lowest BCUT2D eigenvalue weighted by molar-refractivity contribution is -0.141. The monoisotopic (exact) mass is 579 g/mol. The van der Waals surface area contributed by atoms with Crippen LogP contribution in [0.25, 0.3) is 0 Å². The Morgan fingerprint density at radius 2 is 1.82 bits per heavy atom. The molecule has 1 aliphatic heterocycles. The van der Waals surface area contributed by atoms with Gasteiger partial charge >= 0.3 is 0 Å². The van der Waals surface area contributed by atoms with Gasteiger partial charge in [-0.2, -0.15) is 0 Å². The number of sulfonamides is 1. The molecule has 11 heteroatoms. The van der Waals surface area contributed by atoms with Crippen molar-refractivity contribution < 1.29 is 22.8 Å². The van der Waals surface area contributed by atoms with Crippen molar-refractivity contribution in [3.8, 4) is 0 Å². The van der Waals surface area contributed by atoms with Gasteiger partial charge in [0.05, 0.1) is 5.56 Å². The molecule has 204 valence electrons. The second kappa shape index (κ2) is 12.1. The topological polar surface area (TPSA) is 104 Å². The zero-order chi connectivity index (χ0) is 27.4. The summed E-state index contributed by atoms with van der Waals surface area (Å²) in [7, 11) is -4.05. The van der Waals surface area contributed by atoms with Crippen LogP contribution in [0.5, 0.6) is 0 Å². The number of carbonyl (C=O) groups excluding carboxylic acids is 3. The highest BCUT2D eigenvalue weighted by Crippen LogP contribution is 2.30. The summed E-state index contributed by atoms with van der Waals surface area (Å²) >= 11 is 12.4. The van der Waals surface area contributed by atoms with Crippen molar-refractivity contribution in [2.24, 2.45) is 0 Å². The summed E-state index contributed by atoms with van der Waals surface area (Å²) in [6.07, 6.45) is 5.10. The summed E-state index contributed by atoms with van der Waals surface area (Å²) in [5.41, 5.74) is 0.689. The largest absolute Gasteiger partial charge is 0.352 e. The highest BCUT2D eigenvalue weighted by atomic mass is 35.5. The molecule has 0 spiro atoms. The summed E-state index contributed by atoms with van der Waals surface area (Å²) in [4.78, 5) is 41.1. The molecule has 0 bridgehead atoms. The smallest absolute Gasteiger partial charge is 0.269 e. The molecule has 2 aliphatic rings. The lowest BCUT2D eigenvalue weighted by Gasteiger charge is -2.33. The Morgan fingerprint density at radius 3 is 2.47 bits per heavy atom. The maximum Gasteiger partial charge on any atom is 0.269 e. The van der Waals surface area contributed by atoms with E-state index in [1.807, 2.05) is 6.92 Å². The molecule has 0 saturated heterocycles. The first-order valence-electron chi connectivity index (χ1n) is 12.8.